The molecule has 10 heteroatoms. The van der Waals surface area contributed by atoms with E-state index in [2.05, 4.69) is 15.5 Å². The van der Waals surface area contributed by atoms with E-state index < -0.39 is 11.0 Å². The van der Waals surface area contributed by atoms with Gasteiger partial charge in [0.05, 0.1) is 5.25 Å². The Morgan fingerprint density at radius 2 is 2.00 bits per heavy atom. The van der Waals surface area contributed by atoms with Gasteiger partial charge < -0.3 is 5.32 Å². The zero-order valence-corrected chi connectivity index (χ0v) is 15.3. The Hall–Kier alpha value is -1.81. The van der Waals surface area contributed by atoms with Crippen molar-refractivity contribution in [1.82, 2.24) is 14.8 Å². The van der Waals surface area contributed by atoms with Crippen molar-refractivity contribution >= 4 is 35.1 Å². The molecule has 0 unspecified atom stereocenters. The van der Waals surface area contributed by atoms with E-state index in [1.165, 1.54) is 28.5 Å². The second-order valence-corrected chi connectivity index (χ2v) is 7.49. The number of nitrogens with one attached hydrogen (secondary N) is 2. The molecule has 2 N–H and O–H groups in total. The van der Waals surface area contributed by atoms with E-state index >= 15 is 0 Å². The number of hydrogen-bond donors (Lipinski definition) is 2. The Bertz CT molecular complexity index is 762. The predicted molar refractivity (Wildman–Crippen MR) is 95.4 cm³/mol. The molecule has 2 rings (SSSR count). The van der Waals surface area contributed by atoms with Crippen molar-refractivity contribution in [2.45, 2.75) is 47.9 Å². The van der Waals surface area contributed by atoms with Crippen LogP contribution in [0.4, 0.5) is 14.5 Å². The van der Waals surface area contributed by atoms with E-state index in [9.17, 15) is 18.4 Å². The van der Waals surface area contributed by atoms with Gasteiger partial charge in [-0.2, -0.15) is 8.78 Å². The van der Waals surface area contributed by atoms with E-state index in [0.29, 0.717) is 34.0 Å². The molecule has 0 radical (unpaired) electrons. The molecule has 136 valence electrons. The number of alkyl halides is 2. The first-order valence-electron chi connectivity index (χ1n) is 7.58. The van der Waals surface area contributed by atoms with E-state index in [0.717, 1.165) is 6.42 Å². The number of hydrogen-bond acceptors (Lipinski definition) is 5. The van der Waals surface area contributed by atoms with Gasteiger partial charge in [0, 0.05) is 17.1 Å². The summed E-state index contributed by atoms with van der Waals surface area (Å²) in [6.07, 6.45) is 0.774. The standard InChI is InChI=1S/C15H18F2N4O2S2/c1-3-8-21-14(23)19-20-15(21)24-9(2)12(22)18-10-4-6-11(7-5-10)25-13(16)17/h4-7,9,13H,3,8H2,1-2H3,(H,18,22)(H,19,23)/t9-/m1/s1. The number of H-pyrrole nitrogens is 1. The Morgan fingerprint density at radius 1 is 1.32 bits per heavy atom. The maximum absolute atomic E-state index is 12.3. The fraction of sp³-hybridized carbons (Fsp3) is 0.400. The number of aromatic amines is 1. The van der Waals surface area contributed by atoms with Crippen LogP contribution in [0.2, 0.25) is 0 Å². The molecule has 0 saturated carbocycles. The minimum absolute atomic E-state index is 0.266. The smallest absolute Gasteiger partial charge is 0.325 e. The van der Waals surface area contributed by atoms with Crippen LogP contribution in [-0.4, -0.2) is 31.7 Å². The SMILES string of the molecule is CCCn1c(S[C@H](C)C(=O)Nc2ccc(SC(F)F)cc2)n[nH]c1=O. The number of halogens is 2. The molecule has 6 nitrogen and oxygen atoms in total. The summed E-state index contributed by atoms with van der Waals surface area (Å²) >= 11 is 1.62. The third kappa shape index (κ3) is 5.60. The molecule has 1 amide bonds. The van der Waals surface area contributed by atoms with E-state index in [-0.39, 0.29) is 11.6 Å². The summed E-state index contributed by atoms with van der Waals surface area (Å²) in [6, 6.07) is 6.19. The molecular formula is C15H18F2N4O2S2. The number of thioether (sulfide) groups is 2. The maximum atomic E-state index is 12.3. The molecule has 2 aromatic rings. The normalized spacial score (nSPS) is 12.4. The number of rotatable bonds is 8. The van der Waals surface area contributed by atoms with Crippen LogP contribution in [0.5, 0.6) is 0 Å². The molecule has 0 aliphatic rings. The molecule has 0 spiro atoms. The van der Waals surface area contributed by atoms with Crippen LogP contribution >= 0.6 is 23.5 Å². The maximum Gasteiger partial charge on any atom is 0.343 e. The van der Waals surface area contributed by atoms with Crippen LogP contribution in [0.3, 0.4) is 0 Å². The van der Waals surface area contributed by atoms with Crippen molar-refractivity contribution in [3.05, 3.63) is 34.7 Å². The number of amides is 1. The van der Waals surface area contributed by atoms with E-state index in [4.69, 9.17) is 0 Å². The number of anilines is 1. The van der Waals surface area contributed by atoms with Crippen LogP contribution in [0, 0.1) is 0 Å². The van der Waals surface area contributed by atoms with Crippen molar-refractivity contribution in [1.29, 1.82) is 0 Å². The Kier molecular flexibility index (Phi) is 7.06. The van der Waals surface area contributed by atoms with Gasteiger partial charge in [-0.05, 0) is 37.6 Å². The van der Waals surface area contributed by atoms with Crippen LogP contribution in [-0.2, 0) is 11.3 Å². The summed E-state index contributed by atoms with van der Waals surface area (Å²) in [5.74, 6) is -2.75. The number of nitrogens with zero attached hydrogens (tertiary/aromatic N) is 2. The van der Waals surface area contributed by atoms with Crippen molar-refractivity contribution in [3.63, 3.8) is 0 Å². The van der Waals surface area contributed by atoms with Crippen LogP contribution < -0.4 is 11.0 Å². The van der Waals surface area contributed by atoms with Gasteiger partial charge in [-0.25, -0.2) is 9.89 Å². The fourth-order valence-corrected chi connectivity index (χ4v) is 3.37. The third-order valence-electron chi connectivity index (χ3n) is 3.17. The monoisotopic (exact) mass is 388 g/mol. The Labute approximate surface area is 151 Å². The summed E-state index contributed by atoms with van der Waals surface area (Å²) in [5, 5.41) is 9.01. The summed E-state index contributed by atoms with van der Waals surface area (Å²) in [7, 11) is 0. The van der Waals surface area contributed by atoms with Crippen molar-refractivity contribution in [2.75, 3.05) is 5.32 Å². The summed E-state index contributed by atoms with van der Waals surface area (Å²) < 4.78 is 26.1. The van der Waals surface area contributed by atoms with E-state index in [1.54, 1.807) is 19.1 Å². The van der Waals surface area contributed by atoms with Crippen molar-refractivity contribution in [3.8, 4) is 0 Å². The highest BCUT2D eigenvalue weighted by molar-refractivity contribution is 8.00. The second kappa shape index (κ2) is 9.04. The summed E-state index contributed by atoms with van der Waals surface area (Å²) in [4.78, 5) is 24.4. The van der Waals surface area contributed by atoms with Gasteiger partial charge in [-0.3, -0.25) is 9.36 Å². The number of benzene rings is 1. The average Bonchev–Trinajstić information content (AvgIpc) is 2.90. The largest absolute Gasteiger partial charge is 0.343 e. The van der Waals surface area contributed by atoms with Crippen LogP contribution in [0.25, 0.3) is 0 Å². The van der Waals surface area contributed by atoms with Gasteiger partial charge in [0.15, 0.2) is 5.16 Å². The highest BCUT2D eigenvalue weighted by atomic mass is 32.2. The highest BCUT2D eigenvalue weighted by Crippen LogP contribution is 2.27. The van der Waals surface area contributed by atoms with Crippen LogP contribution in [0.1, 0.15) is 20.3 Å². The van der Waals surface area contributed by atoms with Gasteiger partial charge in [-0.1, -0.05) is 30.4 Å². The van der Waals surface area contributed by atoms with Gasteiger partial charge in [0.25, 0.3) is 5.76 Å². The number of carbonyl (C=O) groups excluding carboxylic acids is 1. The lowest BCUT2D eigenvalue weighted by atomic mass is 10.3. The topological polar surface area (TPSA) is 79.8 Å². The quantitative estimate of drug-likeness (QED) is 0.678. The van der Waals surface area contributed by atoms with Gasteiger partial charge in [0.2, 0.25) is 5.91 Å². The number of aromatic nitrogens is 3. The van der Waals surface area contributed by atoms with Crippen LogP contribution in [0.15, 0.2) is 39.1 Å². The first-order valence-corrected chi connectivity index (χ1v) is 9.34. The molecular weight excluding hydrogens is 370 g/mol. The lowest BCUT2D eigenvalue weighted by Gasteiger charge is -2.12. The average molecular weight is 388 g/mol. The number of carbonyl (C=O) groups is 1. The lowest BCUT2D eigenvalue weighted by molar-refractivity contribution is -0.115. The zero-order valence-electron chi connectivity index (χ0n) is 13.7. The minimum Gasteiger partial charge on any atom is -0.325 e. The Balaban J connectivity index is 1.97. The molecule has 0 aliphatic carbocycles. The molecule has 25 heavy (non-hydrogen) atoms. The molecule has 1 atom stereocenters. The Morgan fingerprint density at radius 3 is 2.60 bits per heavy atom. The van der Waals surface area contributed by atoms with Crippen molar-refractivity contribution < 1.29 is 13.6 Å². The molecule has 1 heterocycles. The molecule has 1 aromatic heterocycles. The predicted octanol–water partition coefficient (Wildman–Crippen LogP) is 3.42. The minimum atomic E-state index is -2.48. The second-order valence-electron chi connectivity index (χ2n) is 5.12. The fourth-order valence-electron chi connectivity index (χ4n) is 1.99. The first-order chi connectivity index (χ1) is 11.9. The highest BCUT2D eigenvalue weighted by Gasteiger charge is 2.19. The lowest BCUT2D eigenvalue weighted by Crippen LogP contribution is -2.24. The summed E-state index contributed by atoms with van der Waals surface area (Å²) in [5.41, 5.74) is 0.216. The first kappa shape index (κ1) is 19.5. The molecule has 0 bridgehead atoms. The third-order valence-corrected chi connectivity index (χ3v) is 4.98. The zero-order chi connectivity index (χ0) is 18.4. The summed E-state index contributed by atoms with van der Waals surface area (Å²) in [6.45, 7) is 4.17. The molecule has 0 fully saturated rings. The molecule has 1 aromatic carbocycles. The van der Waals surface area contributed by atoms with Gasteiger partial charge in [-0.15, -0.1) is 5.10 Å². The molecule has 0 saturated heterocycles. The molecule has 0 aliphatic heterocycles. The van der Waals surface area contributed by atoms with Crippen molar-refractivity contribution in [2.24, 2.45) is 0 Å². The van der Waals surface area contributed by atoms with E-state index in [1.807, 2.05) is 6.92 Å². The van der Waals surface area contributed by atoms with Gasteiger partial charge in [0.1, 0.15) is 0 Å². The van der Waals surface area contributed by atoms with Gasteiger partial charge >= 0.3 is 5.69 Å².